The summed E-state index contributed by atoms with van der Waals surface area (Å²) in [5.74, 6) is -1.20. The maximum absolute atomic E-state index is 11.7. The Morgan fingerprint density at radius 3 is 2.17 bits per heavy atom. The van der Waals surface area contributed by atoms with Crippen LogP contribution < -0.4 is 5.32 Å². The van der Waals surface area contributed by atoms with Crippen molar-refractivity contribution in [2.75, 3.05) is 6.54 Å². The quantitative estimate of drug-likeness (QED) is 0.593. The van der Waals surface area contributed by atoms with Crippen LogP contribution in [0.4, 0.5) is 4.79 Å². The Bertz CT molecular complexity index is 434. The molecule has 1 unspecified atom stereocenters. The van der Waals surface area contributed by atoms with Gasteiger partial charge in [0.1, 0.15) is 0 Å². The molecule has 132 valence electrons. The molecule has 1 amide bonds. The van der Waals surface area contributed by atoms with Crippen LogP contribution in [0.15, 0.2) is 0 Å². The summed E-state index contributed by atoms with van der Waals surface area (Å²) in [5, 5.41) is 11.6. The van der Waals surface area contributed by atoms with E-state index in [2.05, 4.69) is 5.32 Å². The molecule has 0 saturated heterocycles. The third-order valence-electron chi connectivity index (χ3n) is 3.89. The van der Waals surface area contributed by atoms with Crippen molar-refractivity contribution in [1.29, 1.82) is 0 Å². The summed E-state index contributed by atoms with van der Waals surface area (Å²) in [6.07, 6.45) is 1.22. The van der Waals surface area contributed by atoms with Gasteiger partial charge in [-0.2, -0.15) is 0 Å². The number of amides is 1. The Morgan fingerprint density at radius 1 is 1.13 bits per heavy atom. The van der Waals surface area contributed by atoms with Gasteiger partial charge < -0.3 is 19.9 Å². The van der Waals surface area contributed by atoms with Gasteiger partial charge in [0.05, 0.1) is 11.3 Å². The van der Waals surface area contributed by atoms with Crippen molar-refractivity contribution in [3.8, 4) is 0 Å². The molecule has 1 saturated carbocycles. The number of carboxylic acids is 1. The standard InChI is InChI=1S/C16H27NO6/c1-10(22-14(20)16(2,3)4)23-15(21)17-9-11-5-7-12(8-6-11)13(18)19/h10-12H,5-9H2,1-4H3,(H,17,21)(H,18,19)/t10?,11-,12-. The van der Waals surface area contributed by atoms with Crippen LogP contribution in [0.5, 0.6) is 0 Å². The average Bonchev–Trinajstić information content (AvgIpc) is 2.44. The van der Waals surface area contributed by atoms with Gasteiger partial charge in [-0.3, -0.25) is 9.59 Å². The molecule has 23 heavy (non-hydrogen) atoms. The number of carbonyl (C=O) groups is 3. The van der Waals surface area contributed by atoms with Crippen molar-refractivity contribution in [3.05, 3.63) is 0 Å². The van der Waals surface area contributed by atoms with Crippen LogP contribution in [0.2, 0.25) is 0 Å². The number of alkyl carbamates (subject to hydrolysis) is 1. The van der Waals surface area contributed by atoms with Crippen molar-refractivity contribution < 1.29 is 29.0 Å². The van der Waals surface area contributed by atoms with E-state index in [0.29, 0.717) is 19.4 Å². The normalized spacial score (nSPS) is 22.8. The molecule has 1 fully saturated rings. The summed E-state index contributed by atoms with van der Waals surface area (Å²) in [5.41, 5.74) is -0.656. The lowest BCUT2D eigenvalue weighted by atomic mass is 9.82. The largest absolute Gasteiger partial charge is 0.481 e. The van der Waals surface area contributed by atoms with Gasteiger partial charge in [0, 0.05) is 13.5 Å². The van der Waals surface area contributed by atoms with E-state index in [1.54, 1.807) is 20.8 Å². The average molecular weight is 329 g/mol. The van der Waals surface area contributed by atoms with E-state index < -0.39 is 29.7 Å². The number of carboxylic acid groups (broad SMARTS) is 1. The molecule has 0 aromatic rings. The zero-order valence-corrected chi connectivity index (χ0v) is 14.3. The third kappa shape index (κ3) is 6.88. The number of nitrogens with one attached hydrogen (secondary N) is 1. The number of esters is 1. The number of hydrogen-bond donors (Lipinski definition) is 2. The summed E-state index contributed by atoms with van der Waals surface area (Å²) in [6, 6.07) is 0. The van der Waals surface area contributed by atoms with Crippen LogP contribution in [-0.4, -0.2) is 36.0 Å². The van der Waals surface area contributed by atoms with Gasteiger partial charge in [0.25, 0.3) is 0 Å². The van der Waals surface area contributed by atoms with Crippen LogP contribution in [0.25, 0.3) is 0 Å². The summed E-state index contributed by atoms with van der Waals surface area (Å²) in [6.45, 7) is 7.08. The predicted molar refractivity (Wildman–Crippen MR) is 82.6 cm³/mol. The van der Waals surface area contributed by atoms with Crippen molar-refractivity contribution >= 4 is 18.0 Å². The zero-order valence-electron chi connectivity index (χ0n) is 14.3. The summed E-state index contributed by atoms with van der Waals surface area (Å²) in [7, 11) is 0. The molecule has 1 atom stereocenters. The minimum absolute atomic E-state index is 0.255. The second kappa shape index (κ2) is 8.17. The molecule has 1 aliphatic rings. The molecule has 0 aromatic heterocycles. The summed E-state index contributed by atoms with van der Waals surface area (Å²) < 4.78 is 10.0. The Kier molecular flexibility index (Phi) is 6.84. The zero-order chi connectivity index (χ0) is 17.6. The van der Waals surface area contributed by atoms with E-state index in [9.17, 15) is 14.4 Å². The molecule has 7 heteroatoms. The molecular weight excluding hydrogens is 302 g/mol. The second-order valence-electron chi connectivity index (χ2n) is 7.07. The van der Waals surface area contributed by atoms with Crippen LogP contribution in [0.1, 0.15) is 53.4 Å². The first kappa shape index (κ1) is 19.3. The summed E-state index contributed by atoms with van der Waals surface area (Å²) >= 11 is 0. The molecule has 7 nitrogen and oxygen atoms in total. The first-order valence-electron chi connectivity index (χ1n) is 7.98. The lowest BCUT2D eigenvalue weighted by Crippen LogP contribution is -2.36. The van der Waals surface area contributed by atoms with Gasteiger partial charge in [-0.25, -0.2) is 4.79 Å². The minimum atomic E-state index is -0.954. The lowest BCUT2D eigenvalue weighted by molar-refractivity contribution is -0.174. The second-order valence-corrected chi connectivity index (χ2v) is 7.07. The Morgan fingerprint density at radius 2 is 1.70 bits per heavy atom. The van der Waals surface area contributed by atoms with Crippen molar-refractivity contribution in [3.63, 3.8) is 0 Å². The Balaban J connectivity index is 2.24. The molecule has 1 rings (SSSR count). The molecule has 0 radical (unpaired) electrons. The first-order chi connectivity index (χ1) is 10.6. The van der Waals surface area contributed by atoms with Gasteiger partial charge in [0.15, 0.2) is 0 Å². The van der Waals surface area contributed by atoms with Gasteiger partial charge in [-0.05, 0) is 52.4 Å². The number of rotatable bonds is 5. The Hall–Kier alpha value is -1.79. The highest BCUT2D eigenvalue weighted by molar-refractivity contribution is 5.75. The predicted octanol–water partition coefficient (Wildman–Crippen LogP) is 2.54. The SMILES string of the molecule is CC(OC(=O)NC[C@H]1CC[C@H](C(=O)O)CC1)OC(=O)C(C)(C)C. The van der Waals surface area contributed by atoms with E-state index in [0.717, 1.165) is 12.8 Å². The molecule has 2 N–H and O–H groups in total. The highest BCUT2D eigenvalue weighted by atomic mass is 16.7. The number of carbonyl (C=O) groups excluding carboxylic acids is 2. The van der Waals surface area contributed by atoms with Crippen LogP contribution >= 0.6 is 0 Å². The van der Waals surface area contributed by atoms with Crippen LogP contribution in [0.3, 0.4) is 0 Å². The Labute approximate surface area is 136 Å². The van der Waals surface area contributed by atoms with Gasteiger partial charge in [-0.15, -0.1) is 0 Å². The van der Waals surface area contributed by atoms with Crippen molar-refractivity contribution in [2.24, 2.45) is 17.3 Å². The summed E-state index contributed by atoms with van der Waals surface area (Å²) in [4.78, 5) is 34.2. The smallest absolute Gasteiger partial charge is 0.410 e. The van der Waals surface area contributed by atoms with Crippen molar-refractivity contribution in [2.45, 2.75) is 59.7 Å². The highest BCUT2D eigenvalue weighted by Gasteiger charge is 2.27. The van der Waals surface area contributed by atoms with Gasteiger partial charge in [0.2, 0.25) is 6.29 Å². The molecule has 0 bridgehead atoms. The number of hydrogen-bond acceptors (Lipinski definition) is 5. The number of aliphatic carboxylic acids is 1. The number of ether oxygens (including phenoxy) is 2. The fourth-order valence-electron chi connectivity index (χ4n) is 2.39. The fraction of sp³-hybridized carbons (Fsp3) is 0.812. The van der Waals surface area contributed by atoms with Gasteiger partial charge >= 0.3 is 18.0 Å². The maximum Gasteiger partial charge on any atom is 0.410 e. The monoisotopic (exact) mass is 329 g/mol. The third-order valence-corrected chi connectivity index (χ3v) is 3.89. The molecule has 1 aliphatic carbocycles. The molecule has 0 spiro atoms. The van der Waals surface area contributed by atoms with E-state index >= 15 is 0 Å². The first-order valence-corrected chi connectivity index (χ1v) is 7.98. The van der Waals surface area contributed by atoms with E-state index in [1.807, 2.05) is 0 Å². The van der Waals surface area contributed by atoms with Crippen molar-refractivity contribution in [1.82, 2.24) is 5.32 Å². The minimum Gasteiger partial charge on any atom is -0.481 e. The lowest BCUT2D eigenvalue weighted by Gasteiger charge is -2.26. The van der Waals surface area contributed by atoms with Gasteiger partial charge in [-0.1, -0.05) is 0 Å². The highest BCUT2D eigenvalue weighted by Crippen LogP contribution is 2.28. The van der Waals surface area contributed by atoms with E-state index in [-0.39, 0.29) is 11.8 Å². The van der Waals surface area contributed by atoms with E-state index in [4.69, 9.17) is 14.6 Å². The molecule has 0 aromatic carbocycles. The topological polar surface area (TPSA) is 102 Å². The fourth-order valence-corrected chi connectivity index (χ4v) is 2.39. The molecular formula is C16H27NO6. The maximum atomic E-state index is 11.7. The van der Waals surface area contributed by atoms with Crippen LogP contribution in [-0.2, 0) is 19.1 Å². The van der Waals surface area contributed by atoms with Crippen LogP contribution in [0, 0.1) is 17.3 Å². The molecule has 0 heterocycles. The molecule has 0 aliphatic heterocycles. The van der Waals surface area contributed by atoms with E-state index in [1.165, 1.54) is 6.92 Å².